The summed E-state index contributed by atoms with van der Waals surface area (Å²) in [6.45, 7) is 0. The predicted octanol–water partition coefficient (Wildman–Crippen LogP) is 1.75. The van der Waals surface area contributed by atoms with Gasteiger partial charge in [-0.1, -0.05) is 24.3 Å². The summed E-state index contributed by atoms with van der Waals surface area (Å²) >= 11 is 0. The quantitative estimate of drug-likeness (QED) is 0.472. The Balaban J connectivity index is 2.19. The summed E-state index contributed by atoms with van der Waals surface area (Å²) in [5.41, 5.74) is -0.229. The molecule has 3 rings (SSSR count). The molecule has 1 nitrogen and oxygen atoms in total. The van der Waals surface area contributed by atoms with E-state index in [9.17, 15) is 0 Å². The molecule has 1 fully saturated rings. The fraction of sp³-hybridized carbons (Fsp3) is 0.200. The highest BCUT2D eigenvalue weighted by Gasteiger charge is 2.65. The van der Waals surface area contributed by atoms with Crippen LogP contribution in [0.1, 0.15) is 0 Å². The zero-order valence-electron chi connectivity index (χ0n) is 6.03. The van der Waals surface area contributed by atoms with Gasteiger partial charge in [0.1, 0.15) is 11.2 Å². The van der Waals surface area contributed by atoms with Gasteiger partial charge in [-0.2, -0.15) is 0 Å². The molecule has 2 aliphatic carbocycles. The summed E-state index contributed by atoms with van der Waals surface area (Å²) in [4.78, 5) is 0. The Bertz CT molecular complexity index is 262. The van der Waals surface area contributed by atoms with Gasteiger partial charge in [-0.05, 0) is 24.3 Å². The molecule has 0 aromatic rings. The zero-order chi connectivity index (χ0) is 7.36. The van der Waals surface area contributed by atoms with Gasteiger partial charge in [-0.15, -0.1) is 0 Å². The highest BCUT2D eigenvalue weighted by molar-refractivity contribution is 5.52. The zero-order valence-corrected chi connectivity index (χ0v) is 6.03. The van der Waals surface area contributed by atoms with E-state index in [0.29, 0.717) is 0 Å². The van der Waals surface area contributed by atoms with Crippen molar-refractivity contribution in [2.45, 2.75) is 11.2 Å². The summed E-state index contributed by atoms with van der Waals surface area (Å²) in [5.74, 6) is 0. The maximum absolute atomic E-state index is 5.67. The van der Waals surface area contributed by atoms with Crippen molar-refractivity contribution >= 4 is 0 Å². The lowest BCUT2D eigenvalue weighted by molar-refractivity contribution is 0.351. The molecular formula is C10H8O. The molecule has 0 radical (unpaired) electrons. The van der Waals surface area contributed by atoms with Crippen molar-refractivity contribution in [2.24, 2.45) is 0 Å². The molecule has 0 bridgehead atoms. The number of allylic oxidation sites excluding steroid dienone is 4. The van der Waals surface area contributed by atoms with E-state index in [-0.39, 0.29) is 11.2 Å². The van der Waals surface area contributed by atoms with Gasteiger partial charge < -0.3 is 4.74 Å². The average molecular weight is 144 g/mol. The molecule has 0 aromatic carbocycles. The first-order valence-corrected chi connectivity index (χ1v) is 3.81. The molecule has 1 heterocycles. The van der Waals surface area contributed by atoms with Crippen molar-refractivity contribution in [1.82, 2.24) is 0 Å². The molecule has 0 spiro atoms. The molecule has 0 unspecified atom stereocenters. The molecule has 0 saturated carbocycles. The second kappa shape index (κ2) is 1.41. The minimum atomic E-state index is -0.115. The maximum Gasteiger partial charge on any atom is 0.143 e. The molecule has 11 heavy (non-hydrogen) atoms. The van der Waals surface area contributed by atoms with Crippen molar-refractivity contribution in [3.8, 4) is 0 Å². The van der Waals surface area contributed by atoms with Crippen LogP contribution in [0.3, 0.4) is 0 Å². The van der Waals surface area contributed by atoms with Gasteiger partial charge in [0.25, 0.3) is 0 Å². The third-order valence-corrected chi connectivity index (χ3v) is 2.50. The van der Waals surface area contributed by atoms with Crippen molar-refractivity contribution in [3.63, 3.8) is 0 Å². The number of rotatable bonds is 0. The predicted molar refractivity (Wildman–Crippen MR) is 43.1 cm³/mol. The summed E-state index contributed by atoms with van der Waals surface area (Å²) in [6, 6.07) is 0. The van der Waals surface area contributed by atoms with E-state index >= 15 is 0 Å². The average Bonchev–Trinajstić information content (AvgIpc) is 2.72. The maximum atomic E-state index is 5.67. The summed E-state index contributed by atoms with van der Waals surface area (Å²) in [6.07, 6.45) is 16.6. The number of hydrogen-bond donors (Lipinski definition) is 0. The highest BCUT2D eigenvalue weighted by atomic mass is 16.6. The SMILES string of the molecule is C1=CC23C=CC=CC2(C=C1)O3. The second-order valence-electron chi connectivity index (χ2n) is 3.12. The first kappa shape index (κ1) is 5.56. The van der Waals surface area contributed by atoms with Crippen LogP contribution in [0.2, 0.25) is 0 Å². The van der Waals surface area contributed by atoms with Gasteiger partial charge in [0.05, 0.1) is 0 Å². The lowest BCUT2D eigenvalue weighted by Gasteiger charge is -2.11. The molecule has 3 aliphatic rings. The summed E-state index contributed by atoms with van der Waals surface area (Å²) in [7, 11) is 0. The first-order chi connectivity index (χ1) is 5.37. The Kier molecular flexibility index (Phi) is 0.712. The monoisotopic (exact) mass is 144 g/mol. The molecule has 1 saturated heterocycles. The summed E-state index contributed by atoms with van der Waals surface area (Å²) < 4.78 is 5.67. The molecule has 1 aliphatic heterocycles. The molecular weight excluding hydrogens is 136 g/mol. The molecule has 0 aromatic heterocycles. The summed E-state index contributed by atoms with van der Waals surface area (Å²) in [5, 5.41) is 0. The number of epoxide rings is 1. The van der Waals surface area contributed by atoms with Gasteiger partial charge in [0, 0.05) is 0 Å². The van der Waals surface area contributed by atoms with Gasteiger partial charge in [-0.3, -0.25) is 0 Å². The van der Waals surface area contributed by atoms with Crippen LogP contribution < -0.4 is 0 Å². The first-order valence-electron chi connectivity index (χ1n) is 3.81. The van der Waals surface area contributed by atoms with E-state index in [2.05, 4.69) is 24.3 Å². The van der Waals surface area contributed by atoms with Crippen molar-refractivity contribution in [1.29, 1.82) is 0 Å². The number of hydrogen-bond acceptors (Lipinski definition) is 1. The highest BCUT2D eigenvalue weighted by Crippen LogP contribution is 2.55. The van der Waals surface area contributed by atoms with E-state index in [1.165, 1.54) is 0 Å². The molecule has 54 valence electrons. The minimum Gasteiger partial charge on any atom is -0.345 e. The number of ether oxygens (including phenoxy) is 1. The molecule has 0 amide bonds. The molecule has 0 N–H and O–H groups in total. The van der Waals surface area contributed by atoms with Crippen LogP contribution in [0.25, 0.3) is 0 Å². The lowest BCUT2D eigenvalue weighted by Crippen LogP contribution is -2.21. The minimum absolute atomic E-state index is 0.115. The molecule has 1 heteroatoms. The second-order valence-corrected chi connectivity index (χ2v) is 3.12. The van der Waals surface area contributed by atoms with Gasteiger partial charge in [0.2, 0.25) is 0 Å². The Labute approximate surface area is 65.4 Å². The van der Waals surface area contributed by atoms with Crippen LogP contribution in [-0.4, -0.2) is 11.2 Å². The topological polar surface area (TPSA) is 12.5 Å². The van der Waals surface area contributed by atoms with Crippen LogP contribution in [0, 0.1) is 0 Å². The Morgan fingerprint density at radius 3 is 1.36 bits per heavy atom. The standard InChI is InChI=1S/C10H8O/c1-2-6-10-8-4-3-7-9(10,5-1)11-10/h1-8H. The lowest BCUT2D eigenvalue weighted by atomic mass is 9.85. The van der Waals surface area contributed by atoms with Gasteiger partial charge in [-0.25, -0.2) is 0 Å². The van der Waals surface area contributed by atoms with Gasteiger partial charge in [0.15, 0.2) is 0 Å². The van der Waals surface area contributed by atoms with Crippen molar-refractivity contribution < 1.29 is 4.74 Å². The largest absolute Gasteiger partial charge is 0.345 e. The third kappa shape index (κ3) is 0.477. The molecule has 0 atom stereocenters. The van der Waals surface area contributed by atoms with E-state index < -0.39 is 0 Å². The third-order valence-electron chi connectivity index (χ3n) is 2.50. The van der Waals surface area contributed by atoms with E-state index in [4.69, 9.17) is 4.74 Å². The van der Waals surface area contributed by atoms with E-state index in [1.807, 2.05) is 24.3 Å². The van der Waals surface area contributed by atoms with Crippen LogP contribution in [0.5, 0.6) is 0 Å². The van der Waals surface area contributed by atoms with Crippen LogP contribution in [0.4, 0.5) is 0 Å². The van der Waals surface area contributed by atoms with Crippen molar-refractivity contribution in [2.75, 3.05) is 0 Å². The van der Waals surface area contributed by atoms with E-state index in [1.54, 1.807) is 0 Å². The Morgan fingerprint density at radius 1 is 0.636 bits per heavy atom. The van der Waals surface area contributed by atoms with Crippen molar-refractivity contribution in [3.05, 3.63) is 48.6 Å². The van der Waals surface area contributed by atoms with Crippen LogP contribution >= 0.6 is 0 Å². The Morgan fingerprint density at radius 2 is 1.00 bits per heavy atom. The van der Waals surface area contributed by atoms with Gasteiger partial charge >= 0.3 is 0 Å². The fourth-order valence-corrected chi connectivity index (χ4v) is 1.82. The smallest absolute Gasteiger partial charge is 0.143 e. The fourth-order valence-electron chi connectivity index (χ4n) is 1.82. The normalized spacial score (nSPS) is 48.7. The van der Waals surface area contributed by atoms with Crippen LogP contribution in [0.15, 0.2) is 48.6 Å². The van der Waals surface area contributed by atoms with Crippen LogP contribution in [-0.2, 0) is 4.74 Å². The Hall–Kier alpha value is -1.08. The van der Waals surface area contributed by atoms with E-state index in [0.717, 1.165) is 0 Å².